The summed E-state index contributed by atoms with van der Waals surface area (Å²) in [6, 6.07) is 21.4. The van der Waals surface area contributed by atoms with Crippen LogP contribution in [0, 0.1) is 0 Å². The Morgan fingerprint density at radius 3 is 2.22 bits per heavy atom. The number of rotatable bonds is 11. The molecule has 0 spiro atoms. The molecule has 3 aromatic rings. The van der Waals surface area contributed by atoms with Crippen LogP contribution in [-0.4, -0.2) is 51.9 Å². The van der Waals surface area contributed by atoms with E-state index < -0.39 is 28.5 Å². The van der Waals surface area contributed by atoms with Gasteiger partial charge < -0.3 is 15.0 Å². The highest BCUT2D eigenvalue weighted by Gasteiger charge is 2.32. The second kappa shape index (κ2) is 12.4. The van der Waals surface area contributed by atoms with Crippen molar-refractivity contribution in [1.29, 1.82) is 0 Å². The second-order valence-electron chi connectivity index (χ2n) is 8.51. The molecule has 3 aromatic carbocycles. The van der Waals surface area contributed by atoms with Gasteiger partial charge in [-0.1, -0.05) is 49.4 Å². The molecule has 1 atom stereocenters. The molecule has 9 heteroatoms. The molecule has 0 fully saturated rings. The summed E-state index contributed by atoms with van der Waals surface area (Å²) >= 11 is 0. The van der Waals surface area contributed by atoms with Gasteiger partial charge in [-0.3, -0.25) is 13.9 Å². The van der Waals surface area contributed by atoms with Crippen LogP contribution in [0.4, 0.5) is 5.69 Å². The molecule has 0 aliphatic carbocycles. The Kier molecular flexibility index (Phi) is 9.30. The molecule has 37 heavy (non-hydrogen) atoms. The molecule has 0 saturated heterocycles. The van der Waals surface area contributed by atoms with Gasteiger partial charge >= 0.3 is 0 Å². The summed E-state index contributed by atoms with van der Waals surface area (Å²) in [5.74, 6) is -0.263. The molecule has 1 unspecified atom stereocenters. The van der Waals surface area contributed by atoms with E-state index in [2.05, 4.69) is 5.32 Å². The molecule has 8 nitrogen and oxygen atoms in total. The quantitative estimate of drug-likeness (QED) is 0.414. The fraction of sp³-hybridized carbons (Fsp3) is 0.286. The van der Waals surface area contributed by atoms with E-state index in [9.17, 15) is 18.0 Å². The van der Waals surface area contributed by atoms with Crippen LogP contribution in [0.2, 0.25) is 0 Å². The standard InChI is InChI=1S/C28H33N3O5S/c1-5-22-14-16-24(17-15-22)31(37(34,35)26-12-7-6-8-13-26)20-27(32)30(21(2)28(33)29-3)19-23-10-9-11-25(18-23)36-4/h6-18,21H,5,19-20H2,1-4H3,(H,29,33). The molecule has 2 amide bonds. The Bertz CT molecular complexity index is 1310. The minimum absolute atomic E-state index is 0.0704. The molecular weight excluding hydrogens is 490 g/mol. The minimum Gasteiger partial charge on any atom is -0.497 e. The number of hydrogen-bond acceptors (Lipinski definition) is 5. The van der Waals surface area contributed by atoms with E-state index in [1.54, 1.807) is 62.6 Å². The van der Waals surface area contributed by atoms with Crippen LogP contribution in [0.1, 0.15) is 25.0 Å². The molecule has 196 valence electrons. The third kappa shape index (κ3) is 6.68. The van der Waals surface area contributed by atoms with Crippen molar-refractivity contribution in [3.63, 3.8) is 0 Å². The summed E-state index contributed by atoms with van der Waals surface area (Å²) in [4.78, 5) is 27.8. The molecule has 0 aliphatic rings. The molecule has 0 aliphatic heterocycles. The van der Waals surface area contributed by atoms with Gasteiger partial charge in [-0.2, -0.15) is 0 Å². The first-order valence-electron chi connectivity index (χ1n) is 12.0. The van der Waals surface area contributed by atoms with Crippen LogP contribution in [0.5, 0.6) is 5.75 Å². The lowest BCUT2D eigenvalue weighted by atomic mass is 10.1. The third-order valence-corrected chi connectivity index (χ3v) is 7.93. The fourth-order valence-electron chi connectivity index (χ4n) is 3.91. The number of sulfonamides is 1. The number of benzene rings is 3. The summed E-state index contributed by atoms with van der Waals surface area (Å²) in [5.41, 5.74) is 2.15. The zero-order valence-electron chi connectivity index (χ0n) is 21.5. The lowest BCUT2D eigenvalue weighted by molar-refractivity contribution is -0.139. The lowest BCUT2D eigenvalue weighted by Crippen LogP contribution is -2.50. The smallest absolute Gasteiger partial charge is 0.264 e. The molecule has 0 radical (unpaired) electrons. The molecule has 0 heterocycles. The van der Waals surface area contributed by atoms with Crippen LogP contribution in [0.25, 0.3) is 0 Å². The highest BCUT2D eigenvalue weighted by Crippen LogP contribution is 2.25. The average molecular weight is 524 g/mol. The van der Waals surface area contributed by atoms with E-state index in [0.717, 1.165) is 21.9 Å². The highest BCUT2D eigenvalue weighted by molar-refractivity contribution is 7.92. The van der Waals surface area contributed by atoms with E-state index in [0.29, 0.717) is 11.4 Å². The zero-order chi connectivity index (χ0) is 27.0. The van der Waals surface area contributed by atoms with Crippen molar-refractivity contribution < 1.29 is 22.7 Å². The summed E-state index contributed by atoms with van der Waals surface area (Å²) in [7, 11) is -1.03. The number of methoxy groups -OCH3 is 1. The first kappa shape index (κ1) is 27.7. The number of carbonyl (C=O) groups is 2. The lowest BCUT2D eigenvalue weighted by Gasteiger charge is -2.32. The minimum atomic E-state index is -4.07. The van der Waals surface area contributed by atoms with E-state index in [1.807, 2.05) is 25.1 Å². The number of nitrogens with zero attached hydrogens (tertiary/aromatic N) is 2. The summed E-state index contributed by atoms with van der Waals surface area (Å²) in [6.07, 6.45) is 0.794. The van der Waals surface area contributed by atoms with E-state index in [-0.39, 0.29) is 17.3 Å². The van der Waals surface area contributed by atoms with Crippen LogP contribution in [0.3, 0.4) is 0 Å². The van der Waals surface area contributed by atoms with Gasteiger partial charge in [-0.25, -0.2) is 8.42 Å². The van der Waals surface area contributed by atoms with Crippen LogP contribution >= 0.6 is 0 Å². The maximum absolute atomic E-state index is 13.8. The van der Waals surface area contributed by atoms with Crippen molar-refractivity contribution in [1.82, 2.24) is 10.2 Å². The van der Waals surface area contributed by atoms with Crippen LogP contribution < -0.4 is 14.4 Å². The molecule has 0 aromatic heterocycles. The Morgan fingerprint density at radius 1 is 0.946 bits per heavy atom. The predicted molar refractivity (Wildman–Crippen MR) is 144 cm³/mol. The van der Waals surface area contributed by atoms with Gasteiger partial charge in [-0.15, -0.1) is 0 Å². The van der Waals surface area contributed by atoms with Crippen molar-refractivity contribution in [2.75, 3.05) is 25.0 Å². The number of ether oxygens (including phenoxy) is 1. The van der Waals surface area contributed by atoms with Gasteiger partial charge in [-0.05, 0) is 60.9 Å². The van der Waals surface area contributed by atoms with Crippen LogP contribution in [0.15, 0.2) is 83.8 Å². The first-order valence-corrected chi connectivity index (χ1v) is 13.5. The first-order chi connectivity index (χ1) is 17.7. The van der Waals surface area contributed by atoms with Crippen LogP contribution in [-0.2, 0) is 32.6 Å². The zero-order valence-corrected chi connectivity index (χ0v) is 22.4. The van der Waals surface area contributed by atoms with Gasteiger partial charge in [0.2, 0.25) is 11.8 Å². The van der Waals surface area contributed by atoms with Crippen molar-refractivity contribution in [3.05, 3.63) is 90.0 Å². The summed E-state index contributed by atoms with van der Waals surface area (Å²) in [5, 5.41) is 2.57. The normalized spacial score (nSPS) is 11.9. The Morgan fingerprint density at radius 2 is 1.62 bits per heavy atom. The molecule has 3 rings (SSSR count). The number of hydrogen-bond donors (Lipinski definition) is 1. The molecule has 0 saturated carbocycles. The molecular formula is C28H33N3O5S. The molecule has 1 N–H and O–H groups in total. The molecule has 0 bridgehead atoms. The highest BCUT2D eigenvalue weighted by atomic mass is 32.2. The number of likely N-dealkylation sites (N-methyl/N-ethyl adjacent to an activating group) is 1. The van der Waals surface area contributed by atoms with Crippen molar-refractivity contribution in [3.8, 4) is 5.75 Å². The number of amides is 2. The third-order valence-electron chi connectivity index (χ3n) is 6.14. The fourth-order valence-corrected chi connectivity index (χ4v) is 5.34. The van der Waals surface area contributed by atoms with Gasteiger partial charge in [0.25, 0.3) is 10.0 Å². The summed E-state index contributed by atoms with van der Waals surface area (Å²) in [6.45, 7) is 3.24. The van der Waals surface area contributed by atoms with Crippen molar-refractivity contribution in [2.45, 2.75) is 37.8 Å². The maximum atomic E-state index is 13.8. The van der Waals surface area contributed by atoms with E-state index >= 15 is 0 Å². The maximum Gasteiger partial charge on any atom is 0.264 e. The van der Waals surface area contributed by atoms with Crippen molar-refractivity contribution >= 4 is 27.5 Å². The number of aryl methyl sites for hydroxylation is 1. The largest absolute Gasteiger partial charge is 0.497 e. The topological polar surface area (TPSA) is 96.0 Å². The second-order valence-corrected chi connectivity index (χ2v) is 10.4. The van der Waals surface area contributed by atoms with E-state index in [4.69, 9.17) is 4.74 Å². The van der Waals surface area contributed by atoms with E-state index in [1.165, 1.54) is 24.1 Å². The number of carbonyl (C=O) groups excluding carboxylic acids is 2. The number of nitrogens with one attached hydrogen (secondary N) is 1. The van der Waals surface area contributed by atoms with Gasteiger partial charge in [0.15, 0.2) is 0 Å². The monoisotopic (exact) mass is 523 g/mol. The average Bonchev–Trinajstić information content (AvgIpc) is 2.94. The predicted octanol–water partition coefficient (Wildman–Crippen LogP) is 3.62. The number of anilines is 1. The summed E-state index contributed by atoms with van der Waals surface area (Å²) < 4.78 is 33.8. The van der Waals surface area contributed by atoms with Gasteiger partial charge in [0.1, 0.15) is 18.3 Å². The Hall–Kier alpha value is -3.85. The van der Waals surface area contributed by atoms with Crippen molar-refractivity contribution in [2.24, 2.45) is 0 Å². The Balaban J connectivity index is 2.02. The Labute approximate surface area is 218 Å². The van der Waals surface area contributed by atoms with Gasteiger partial charge in [0, 0.05) is 13.6 Å². The SMILES string of the molecule is CCc1ccc(N(CC(=O)N(Cc2cccc(OC)c2)C(C)C(=O)NC)S(=O)(=O)c2ccccc2)cc1. The van der Waals surface area contributed by atoms with Gasteiger partial charge in [0.05, 0.1) is 17.7 Å².